The Morgan fingerprint density at radius 3 is 2.57 bits per heavy atom. The van der Waals surface area contributed by atoms with Crippen molar-refractivity contribution in [1.29, 1.82) is 0 Å². The van der Waals surface area contributed by atoms with Gasteiger partial charge in [-0.3, -0.25) is 9.69 Å². The second-order valence-electron chi connectivity index (χ2n) is 7.02. The maximum absolute atomic E-state index is 12.0. The van der Waals surface area contributed by atoms with Crippen LogP contribution in [0.5, 0.6) is 0 Å². The monoisotopic (exact) mass is 298 g/mol. The summed E-state index contributed by atoms with van der Waals surface area (Å²) < 4.78 is 5.40. The van der Waals surface area contributed by atoms with Gasteiger partial charge in [-0.15, -0.1) is 0 Å². The highest BCUT2D eigenvalue weighted by Gasteiger charge is 2.24. The summed E-state index contributed by atoms with van der Waals surface area (Å²) in [6.45, 7) is 12.2. The third kappa shape index (κ3) is 8.42. The van der Waals surface area contributed by atoms with Gasteiger partial charge in [-0.1, -0.05) is 19.8 Å². The van der Waals surface area contributed by atoms with Crippen molar-refractivity contribution in [2.45, 2.75) is 77.8 Å². The van der Waals surface area contributed by atoms with Crippen molar-refractivity contribution in [2.75, 3.05) is 26.2 Å². The molecule has 0 aliphatic carbocycles. The van der Waals surface area contributed by atoms with Crippen LogP contribution in [-0.4, -0.2) is 48.7 Å². The molecule has 0 aromatic heterocycles. The van der Waals surface area contributed by atoms with Gasteiger partial charge in [0.15, 0.2) is 0 Å². The summed E-state index contributed by atoms with van der Waals surface area (Å²) in [6, 6.07) is 0.436. The van der Waals surface area contributed by atoms with E-state index in [2.05, 4.69) is 37.9 Å². The lowest BCUT2D eigenvalue weighted by atomic mass is 9.98. The molecule has 21 heavy (non-hydrogen) atoms. The number of esters is 1. The molecule has 1 aliphatic heterocycles. The highest BCUT2D eigenvalue weighted by molar-refractivity contribution is 5.70. The average molecular weight is 298 g/mol. The van der Waals surface area contributed by atoms with E-state index in [1.807, 2.05) is 0 Å². The second-order valence-corrected chi connectivity index (χ2v) is 7.02. The van der Waals surface area contributed by atoms with Gasteiger partial charge in [-0.05, 0) is 53.1 Å². The predicted molar refractivity (Wildman–Crippen MR) is 87.5 cm³/mol. The predicted octanol–water partition coefficient (Wildman–Crippen LogP) is 2.96. The largest absolute Gasteiger partial charge is 0.464 e. The number of likely N-dealkylation sites (tertiary alicyclic amines) is 1. The van der Waals surface area contributed by atoms with E-state index in [1.54, 1.807) is 0 Å². The highest BCUT2D eigenvalue weighted by atomic mass is 16.5. The SMILES string of the molecule is CCCC(C)NC(C)(C)CC(=O)OCCN1CCCCC1. The van der Waals surface area contributed by atoms with Crippen molar-refractivity contribution in [3.05, 3.63) is 0 Å². The topological polar surface area (TPSA) is 41.6 Å². The van der Waals surface area contributed by atoms with E-state index in [4.69, 9.17) is 4.74 Å². The van der Waals surface area contributed by atoms with Crippen LogP contribution >= 0.6 is 0 Å². The zero-order valence-electron chi connectivity index (χ0n) is 14.4. The minimum Gasteiger partial charge on any atom is -0.464 e. The first kappa shape index (κ1) is 18.4. The van der Waals surface area contributed by atoms with Gasteiger partial charge < -0.3 is 10.1 Å². The Kier molecular flexibility index (Phi) is 8.27. The van der Waals surface area contributed by atoms with Gasteiger partial charge in [0.2, 0.25) is 0 Å². The van der Waals surface area contributed by atoms with E-state index in [0.717, 1.165) is 32.5 Å². The molecule has 1 N–H and O–H groups in total. The maximum Gasteiger partial charge on any atom is 0.307 e. The zero-order chi connectivity index (χ0) is 15.7. The van der Waals surface area contributed by atoms with E-state index in [1.165, 1.54) is 19.3 Å². The minimum absolute atomic E-state index is 0.0896. The Morgan fingerprint density at radius 2 is 1.95 bits per heavy atom. The molecule has 4 nitrogen and oxygen atoms in total. The van der Waals surface area contributed by atoms with Crippen LogP contribution in [0.1, 0.15) is 66.2 Å². The highest BCUT2D eigenvalue weighted by Crippen LogP contribution is 2.13. The van der Waals surface area contributed by atoms with Gasteiger partial charge in [0, 0.05) is 18.1 Å². The Morgan fingerprint density at radius 1 is 1.29 bits per heavy atom. The molecule has 0 saturated carbocycles. The van der Waals surface area contributed by atoms with Crippen LogP contribution in [0.15, 0.2) is 0 Å². The number of nitrogens with zero attached hydrogens (tertiary/aromatic N) is 1. The Balaban J connectivity index is 2.18. The van der Waals surface area contributed by atoms with Gasteiger partial charge in [0.05, 0.1) is 6.42 Å². The van der Waals surface area contributed by atoms with E-state index in [9.17, 15) is 4.79 Å². The lowest BCUT2D eigenvalue weighted by Crippen LogP contribution is -2.46. The van der Waals surface area contributed by atoms with Gasteiger partial charge in [0.25, 0.3) is 0 Å². The number of carbonyl (C=O) groups excluding carboxylic acids is 1. The van der Waals surface area contributed by atoms with Crippen molar-refractivity contribution < 1.29 is 9.53 Å². The third-order valence-electron chi connectivity index (χ3n) is 4.06. The fourth-order valence-corrected chi connectivity index (χ4v) is 3.11. The van der Waals surface area contributed by atoms with Crippen LogP contribution in [0.2, 0.25) is 0 Å². The molecule has 1 aliphatic rings. The summed E-state index contributed by atoms with van der Waals surface area (Å²) in [5.74, 6) is -0.0896. The minimum atomic E-state index is -0.198. The van der Waals surface area contributed by atoms with E-state index >= 15 is 0 Å². The lowest BCUT2D eigenvalue weighted by Gasteiger charge is -2.30. The molecular weight excluding hydrogens is 264 g/mol. The van der Waals surface area contributed by atoms with Crippen molar-refractivity contribution in [2.24, 2.45) is 0 Å². The van der Waals surface area contributed by atoms with Crippen LogP contribution in [0.4, 0.5) is 0 Å². The van der Waals surface area contributed by atoms with Crippen LogP contribution in [-0.2, 0) is 9.53 Å². The standard InChI is InChI=1S/C17H34N2O2/c1-5-9-15(2)18-17(3,4)14-16(20)21-13-12-19-10-7-6-8-11-19/h15,18H,5-14H2,1-4H3. The van der Waals surface area contributed by atoms with Gasteiger partial charge in [0.1, 0.15) is 6.61 Å². The maximum atomic E-state index is 12.0. The van der Waals surface area contributed by atoms with Crippen molar-refractivity contribution in [3.63, 3.8) is 0 Å². The molecule has 1 saturated heterocycles. The van der Waals surface area contributed by atoms with E-state index in [0.29, 0.717) is 19.1 Å². The number of piperidine rings is 1. The fraction of sp³-hybridized carbons (Fsp3) is 0.941. The summed E-state index contributed by atoms with van der Waals surface area (Å²) >= 11 is 0. The zero-order valence-corrected chi connectivity index (χ0v) is 14.4. The number of ether oxygens (including phenoxy) is 1. The molecule has 1 fully saturated rings. The lowest BCUT2D eigenvalue weighted by molar-refractivity contribution is -0.145. The summed E-state index contributed by atoms with van der Waals surface area (Å²) in [5, 5.41) is 3.52. The quantitative estimate of drug-likeness (QED) is 0.665. The van der Waals surface area contributed by atoms with Crippen molar-refractivity contribution in [3.8, 4) is 0 Å². The molecule has 1 heterocycles. The van der Waals surface area contributed by atoms with Crippen molar-refractivity contribution >= 4 is 5.97 Å². The average Bonchev–Trinajstić information content (AvgIpc) is 2.38. The Bertz CT molecular complexity index is 299. The molecule has 1 rings (SSSR count). The molecule has 0 aromatic rings. The summed E-state index contributed by atoms with van der Waals surface area (Å²) in [6.07, 6.45) is 6.62. The summed E-state index contributed by atoms with van der Waals surface area (Å²) in [5.41, 5.74) is -0.198. The van der Waals surface area contributed by atoms with Crippen LogP contribution in [0, 0.1) is 0 Å². The Labute approximate surface area is 130 Å². The first-order valence-corrected chi connectivity index (χ1v) is 8.58. The van der Waals surface area contributed by atoms with Crippen LogP contribution in [0.25, 0.3) is 0 Å². The summed E-state index contributed by atoms with van der Waals surface area (Å²) in [4.78, 5) is 14.4. The molecule has 0 spiro atoms. The van der Waals surface area contributed by atoms with Gasteiger partial charge in [-0.25, -0.2) is 0 Å². The number of rotatable bonds is 9. The van der Waals surface area contributed by atoms with Gasteiger partial charge in [-0.2, -0.15) is 0 Å². The van der Waals surface area contributed by atoms with E-state index in [-0.39, 0.29) is 11.5 Å². The second kappa shape index (κ2) is 9.42. The number of hydrogen-bond donors (Lipinski definition) is 1. The molecule has 4 heteroatoms. The van der Waals surface area contributed by atoms with Crippen molar-refractivity contribution in [1.82, 2.24) is 10.2 Å². The van der Waals surface area contributed by atoms with Crippen LogP contribution < -0.4 is 5.32 Å². The molecule has 0 aromatic carbocycles. The fourth-order valence-electron chi connectivity index (χ4n) is 3.11. The molecule has 1 atom stereocenters. The first-order valence-electron chi connectivity index (χ1n) is 8.58. The van der Waals surface area contributed by atoms with Crippen LogP contribution in [0.3, 0.4) is 0 Å². The Hall–Kier alpha value is -0.610. The molecule has 0 amide bonds. The van der Waals surface area contributed by atoms with E-state index < -0.39 is 0 Å². The number of nitrogens with one attached hydrogen (secondary N) is 1. The smallest absolute Gasteiger partial charge is 0.307 e. The normalized spacial score (nSPS) is 18.5. The number of hydrogen-bond acceptors (Lipinski definition) is 4. The summed E-state index contributed by atoms with van der Waals surface area (Å²) in [7, 11) is 0. The van der Waals surface area contributed by atoms with Gasteiger partial charge >= 0.3 is 5.97 Å². The molecule has 0 bridgehead atoms. The molecule has 1 unspecified atom stereocenters. The first-order chi connectivity index (χ1) is 9.93. The molecule has 124 valence electrons. The molecular formula is C17H34N2O2. The molecule has 0 radical (unpaired) electrons. The third-order valence-corrected chi connectivity index (χ3v) is 4.06. The number of carbonyl (C=O) groups is 1.